The van der Waals surface area contributed by atoms with Gasteiger partial charge in [0.1, 0.15) is 0 Å². The highest BCUT2D eigenvalue weighted by molar-refractivity contribution is 7.97. The van der Waals surface area contributed by atoms with Crippen LogP contribution in [0, 0.1) is 0 Å². The summed E-state index contributed by atoms with van der Waals surface area (Å²) in [5, 5.41) is 4.86. The van der Waals surface area contributed by atoms with Crippen molar-refractivity contribution in [2.24, 2.45) is 5.14 Å². The molecule has 0 aliphatic heterocycles. The quantitative estimate of drug-likeness (QED) is 0.634. The first-order chi connectivity index (χ1) is 4.18. The van der Waals surface area contributed by atoms with Crippen molar-refractivity contribution in [2.75, 3.05) is 5.75 Å². The minimum absolute atomic E-state index is 0.184. The van der Waals surface area contributed by atoms with Crippen LogP contribution in [-0.2, 0) is 0 Å². The van der Waals surface area contributed by atoms with Gasteiger partial charge in [-0.25, -0.2) is 4.39 Å². The highest BCUT2D eigenvalue weighted by Crippen LogP contribution is 2.13. The van der Waals surface area contributed by atoms with E-state index in [0.29, 0.717) is 0 Å². The lowest BCUT2D eigenvalue weighted by Crippen LogP contribution is -1.86. The number of hydrogen-bond donors (Lipinski definition) is 1. The van der Waals surface area contributed by atoms with Crippen molar-refractivity contribution in [2.45, 2.75) is 6.42 Å². The molecule has 0 atom stereocenters. The van der Waals surface area contributed by atoms with Crippen LogP contribution in [0.4, 0.5) is 13.2 Å². The fourth-order valence-corrected chi connectivity index (χ4v) is 0.540. The Morgan fingerprint density at radius 3 is 2.22 bits per heavy atom. The van der Waals surface area contributed by atoms with E-state index in [1.807, 2.05) is 0 Å². The van der Waals surface area contributed by atoms with E-state index in [1.54, 1.807) is 0 Å². The molecule has 2 N–H and O–H groups in total. The molecule has 0 saturated carbocycles. The minimum atomic E-state index is -2.25. The first kappa shape index (κ1) is 8.84. The summed E-state index contributed by atoms with van der Waals surface area (Å²) in [6.45, 7) is 0. The number of rotatable bonds is 3. The molecule has 9 heavy (non-hydrogen) atoms. The molecule has 0 saturated heterocycles. The maximum atomic E-state index is 11.8. The Hall–Kier alpha value is -0.160. The van der Waals surface area contributed by atoms with E-state index in [9.17, 15) is 13.2 Å². The van der Waals surface area contributed by atoms with E-state index < -0.39 is 11.9 Å². The zero-order valence-electron chi connectivity index (χ0n) is 4.53. The van der Waals surface area contributed by atoms with Crippen molar-refractivity contribution in [3.63, 3.8) is 0 Å². The van der Waals surface area contributed by atoms with Crippen LogP contribution in [0.2, 0.25) is 0 Å². The Morgan fingerprint density at radius 2 is 1.89 bits per heavy atom. The maximum absolute atomic E-state index is 11.8. The smallest absolute Gasteiger partial charge is 0.278 e. The Kier molecular flexibility index (Phi) is 4.61. The largest absolute Gasteiger partial charge is 0.301 e. The van der Waals surface area contributed by atoms with E-state index in [2.05, 4.69) is 0 Å². The molecular formula is C4H6F3NS. The van der Waals surface area contributed by atoms with Crippen LogP contribution in [0.3, 0.4) is 0 Å². The lowest BCUT2D eigenvalue weighted by Gasteiger charge is -1.90. The first-order valence-corrected chi connectivity index (χ1v) is 3.24. The van der Waals surface area contributed by atoms with Crippen molar-refractivity contribution in [1.29, 1.82) is 0 Å². The molecular weight excluding hydrogens is 151 g/mol. The molecule has 5 heteroatoms. The van der Waals surface area contributed by atoms with Crippen molar-refractivity contribution in [3.8, 4) is 0 Å². The van der Waals surface area contributed by atoms with Crippen LogP contribution in [0.15, 0.2) is 11.9 Å². The molecule has 0 aromatic carbocycles. The predicted octanol–water partition coefficient (Wildman–Crippen LogP) is 2.06. The van der Waals surface area contributed by atoms with Gasteiger partial charge in [0.15, 0.2) is 5.83 Å². The fraction of sp³-hybridized carbons (Fsp3) is 0.500. The summed E-state index contributed by atoms with van der Waals surface area (Å²) in [6, 6.07) is 0. The van der Waals surface area contributed by atoms with E-state index in [0.717, 1.165) is 11.9 Å². The summed E-state index contributed by atoms with van der Waals surface area (Å²) < 4.78 is 34.2. The molecule has 0 unspecified atom stereocenters. The Bertz CT molecular complexity index is 110. The molecule has 0 rings (SSSR count). The molecule has 0 aliphatic rings. The van der Waals surface area contributed by atoms with Gasteiger partial charge >= 0.3 is 6.08 Å². The van der Waals surface area contributed by atoms with E-state index in [4.69, 9.17) is 5.14 Å². The molecule has 0 spiro atoms. The lowest BCUT2D eigenvalue weighted by atomic mass is 10.4. The van der Waals surface area contributed by atoms with Gasteiger partial charge in [0.25, 0.3) is 0 Å². The molecule has 0 aromatic heterocycles. The third kappa shape index (κ3) is 4.35. The molecule has 0 aliphatic carbocycles. The second-order valence-electron chi connectivity index (χ2n) is 1.29. The summed E-state index contributed by atoms with van der Waals surface area (Å²) in [6.07, 6.45) is -2.53. The van der Waals surface area contributed by atoms with E-state index in [-0.39, 0.29) is 12.2 Å². The SMILES string of the molecule is NSCCC(F)=C(F)F. The third-order valence-electron chi connectivity index (χ3n) is 0.644. The second-order valence-corrected chi connectivity index (χ2v) is 2.03. The fourth-order valence-electron chi connectivity index (χ4n) is 0.243. The Labute approximate surface area is 55.2 Å². The third-order valence-corrected chi connectivity index (χ3v) is 1.08. The zero-order chi connectivity index (χ0) is 7.28. The molecule has 0 amide bonds. The molecule has 1 nitrogen and oxygen atoms in total. The van der Waals surface area contributed by atoms with Gasteiger partial charge in [-0.3, -0.25) is 5.14 Å². The van der Waals surface area contributed by atoms with Crippen LogP contribution in [0.5, 0.6) is 0 Å². The average Bonchev–Trinajstić information content (AvgIpc) is 1.82. The average molecular weight is 157 g/mol. The molecule has 0 fully saturated rings. The van der Waals surface area contributed by atoms with Gasteiger partial charge in [-0.05, 0) is 0 Å². The molecule has 0 aromatic rings. The molecule has 0 bridgehead atoms. The van der Waals surface area contributed by atoms with Crippen molar-refractivity contribution in [3.05, 3.63) is 11.9 Å². The summed E-state index contributed by atoms with van der Waals surface area (Å²) in [5.74, 6) is -1.18. The van der Waals surface area contributed by atoms with Gasteiger partial charge in [0.2, 0.25) is 0 Å². The molecule has 0 heterocycles. The number of hydrogen-bond acceptors (Lipinski definition) is 2. The van der Waals surface area contributed by atoms with Crippen LogP contribution >= 0.6 is 11.9 Å². The van der Waals surface area contributed by atoms with E-state index in [1.165, 1.54) is 0 Å². The minimum Gasteiger partial charge on any atom is -0.278 e. The number of allylic oxidation sites excluding steroid dienone is 1. The predicted molar refractivity (Wildman–Crippen MR) is 31.6 cm³/mol. The highest BCUT2D eigenvalue weighted by Gasteiger charge is 2.02. The second kappa shape index (κ2) is 4.69. The van der Waals surface area contributed by atoms with Gasteiger partial charge in [0, 0.05) is 12.2 Å². The Morgan fingerprint density at radius 1 is 1.33 bits per heavy atom. The monoisotopic (exact) mass is 157 g/mol. The first-order valence-electron chi connectivity index (χ1n) is 2.19. The van der Waals surface area contributed by atoms with Crippen LogP contribution < -0.4 is 5.14 Å². The lowest BCUT2D eigenvalue weighted by molar-refractivity contribution is 0.373. The zero-order valence-corrected chi connectivity index (χ0v) is 5.35. The summed E-state index contributed by atoms with van der Waals surface area (Å²) in [4.78, 5) is 0. The summed E-state index contributed by atoms with van der Waals surface area (Å²) in [7, 11) is 0. The van der Waals surface area contributed by atoms with Gasteiger partial charge in [0.05, 0.1) is 0 Å². The standard InChI is InChI=1S/C4H6F3NS/c5-3(4(6)7)1-2-9-8/h1-2,8H2. The van der Waals surface area contributed by atoms with Gasteiger partial charge in [-0.15, -0.1) is 0 Å². The van der Waals surface area contributed by atoms with Crippen molar-refractivity contribution >= 4 is 11.9 Å². The van der Waals surface area contributed by atoms with Crippen LogP contribution in [0.25, 0.3) is 0 Å². The van der Waals surface area contributed by atoms with E-state index >= 15 is 0 Å². The normalized spacial score (nSPS) is 9.33. The summed E-state index contributed by atoms with van der Waals surface area (Å²) >= 11 is 0.840. The Balaban J connectivity index is 3.50. The van der Waals surface area contributed by atoms with Crippen molar-refractivity contribution in [1.82, 2.24) is 0 Å². The summed E-state index contributed by atoms with van der Waals surface area (Å²) in [5.41, 5.74) is 0. The molecule has 0 radical (unpaired) electrons. The van der Waals surface area contributed by atoms with Gasteiger partial charge in [-0.1, -0.05) is 11.9 Å². The molecule has 54 valence electrons. The topological polar surface area (TPSA) is 26.0 Å². The highest BCUT2D eigenvalue weighted by atomic mass is 32.2. The maximum Gasteiger partial charge on any atom is 0.301 e. The van der Waals surface area contributed by atoms with Crippen molar-refractivity contribution < 1.29 is 13.2 Å². The van der Waals surface area contributed by atoms with Crippen LogP contribution in [-0.4, -0.2) is 5.75 Å². The van der Waals surface area contributed by atoms with Gasteiger partial charge < -0.3 is 0 Å². The number of nitrogens with two attached hydrogens (primary N) is 1. The number of halogens is 3. The van der Waals surface area contributed by atoms with Crippen LogP contribution in [0.1, 0.15) is 6.42 Å². The van der Waals surface area contributed by atoms with Gasteiger partial charge in [-0.2, -0.15) is 8.78 Å².